The van der Waals surface area contributed by atoms with Gasteiger partial charge in [-0.15, -0.1) is 0 Å². The van der Waals surface area contributed by atoms with Gasteiger partial charge in [0.2, 0.25) is 0 Å². The van der Waals surface area contributed by atoms with Gasteiger partial charge in [0.25, 0.3) is 5.91 Å². The fourth-order valence-electron chi connectivity index (χ4n) is 2.46. The highest BCUT2D eigenvalue weighted by Gasteiger charge is 2.46. The van der Waals surface area contributed by atoms with Crippen molar-refractivity contribution in [2.75, 3.05) is 5.32 Å². The number of ketones is 1. The first-order valence-corrected chi connectivity index (χ1v) is 7.28. The summed E-state index contributed by atoms with van der Waals surface area (Å²) < 4.78 is 0. The molecule has 2 aromatic rings. The summed E-state index contributed by atoms with van der Waals surface area (Å²) in [6.45, 7) is 0. The van der Waals surface area contributed by atoms with E-state index < -0.39 is 11.5 Å². The maximum atomic E-state index is 12.3. The number of Topliss-reactive ketones (excluding diaryl/α,β-unsaturated/α-hetero) is 1. The number of fused-ring (bicyclic) bond motifs is 1. The molecular weight excluding hydrogens is 325 g/mol. The van der Waals surface area contributed by atoms with Gasteiger partial charge in [0.15, 0.2) is 11.4 Å². The van der Waals surface area contributed by atoms with Gasteiger partial charge in [0.05, 0.1) is 6.42 Å². The van der Waals surface area contributed by atoms with Crippen molar-refractivity contribution in [2.24, 2.45) is 0 Å². The molecular formula is C16H11Cl2NO3. The molecule has 4 nitrogen and oxygen atoms in total. The van der Waals surface area contributed by atoms with E-state index in [2.05, 4.69) is 5.32 Å². The van der Waals surface area contributed by atoms with Gasteiger partial charge in [-0.25, -0.2) is 0 Å². The Morgan fingerprint density at radius 1 is 1.09 bits per heavy atom. The molecule has 6 heteroatoms. The molecule has 1 heterocycles. The second kappa shape index (κ2) is 5.39. The maximum Gasteiger partial charge on any atom is 0.261 e. The van der Waals surface area contributed by atoms with Gasteiger partial charge in [-0.3, -0.25) is 9.59 Å². The summed E-state index contributed by atoms with van der Waals surface area (Å²) in [5, 5.41) is 14.2. The van der Waals surface area contributed by atoms with E-state index in [0.29, 0.717) is 26.9 Å². The fraction of sp³-hybridized carbons (Fsp3) is 0.125. The molecule has 112 valence electrons. The number of anilines is 1. The van der Waals surface area contributed by atoms with E-state index in [1.54, 1.807) is 36.4 Å². The molecule has 0 spiro atoms. The lowest BCUT2D eigenvalue weighted by molar-refractivity contribution is -0.133. The first-order valence-electron chi connectivity index (χ1n) is 6.53. The number of nitrogens with one attached hydrogen (secondary N) is 1. The average molecular weight is 336 g/mol. The van der Waals surface area contributed by atoms with Crippen LogP contribution in [0.15, 0.2) is 42.5 Å². The monoisotopic (exact) mass is 335 g/mol. The number of aliphatic hydroxyl groups is 1. The molecule has 2 N–H and O–H groups in total. The molecule has 0 saturated heterocycles. The fourth-order valence-corrected chi connectivity index (χ4v) is 2.76. The summed E-state index contributed by atoms with van der Waals surface area (Å²) in [4.78, 5) is 24.4. The van der Waals surface area contributed by atoms with Crippen molar-refractivity contribution in [3.63, 3.8) is 0 Å². The van der Waals surface area contributed by atoms with Gasteiger partial charge in [-0.05, 0) is 42.5 Å². The summed E-state index contributed by atoms with van der Waals surface area (Å²) in [7, 11) is 0. The van der Waals surface area contributed by atoms with Crippen molar-refractivity contribution in [2.45, 2.75) is 12.0 Å². The van der Waals surface area contributed by atoms with E-state index in [1.807, 2.05) is 0 Å². The number of carbonyl (C=O) groups is 2. The Kier molecular flexibility index (Phi) is 3.68. The van der Waals surface area contributed by atoms with E-state index >= 15 is 0 Å². The number of halogens is 2. The van der Waals surface area contributed by atoms with Crippen molar-refractivity contribution in [3.8, 4) is 0 Å². The molecule has 0 bridgehead atoms. The first-order chi connectivity index (χ1) is 10.4. The zero-order chi connectivity index (χ0) is 15.9. The van der Waals surface area contributed by atoms with E-state index in [0.717, 1.165) is 0 Å². The molecule has 1 aliphatic heterocycles. The van der Waals surface area contributed by atoms with Gasteiger partial charge >= 0.3 is 0 Å². The highest BCUT2D eigenvalue weighted by molar-refractivity contribution is 6.31. The largest absolute Gasteiger partial charge is 0.375 e. The minimum Gasteiger partial charge on any atom is -0.375 e. The maximum absolute atomic E-state index is 12.3. The minimum absolute atomic E-state index is 0.312. The number of hydrogen-bond donors (Lipinski definition) is 2. The summed E-state index contributed by atoms with van der Waals surface area (Å²) >= 11 is 11.7. The van der Waals surface area contributed by atoms with Gasteiger partial charge in [-0.2, -0.15) is 0 Å². The summed E-state index contributed by atoms with van der Waals surface area (Å²) in [6, 6.07) is 11.0. The zero-order valence-corrected chi connectivity index (χ0v) is 12.8. The van der Waals surface area contributed by atoms with E-state index in [4.69, 9.17) is 23.2 Å². The van der Waals surface area contributed by atoms with Crippen LogP contribution in [0.3, 0.4) is 0 Å². The summed E-state index contributed by atoms with van der Waals surface area (Å²) in [5.74, 6) is -0.991. The zero-order valence-electron chi connectivity index (χ0n) is 11.3. The van der Waals surface area contributed by atoms with Gasteiger partial charge < -0.3 is 10.4 Å². The second-order valence-electron chi connectivity index (χ2n) is 5.11. The molecule has 2 aromatic carbocycles. The molecule has 1 unspecified atom stereocenters. The Hall–Kier alpha value is -1.88. The third-order valence-electron chi connectivity index (χ3n) is 3.63. The molecule has 1 amide bonds. The van der Waals surface area contributed by atoms with Crippen LogP contribution in [0.25, 0.3) is 0 Å². The molecule has 1 atom stereocenters. The quantitative estimate of drug-likeness (QED) is 0.844. The minimum atomic E-state index is -1.92. The van der Waals surface area contributed by atoms with Crippen LogP contribution in [-0.4, -0.2) is 16.8 Å². The Morgan fingerprint density at radius 3 is 2.41 bits per heavy atom. The predicted octanol–water partition coefficient (Wildman–Crippen LogP) is 3.41. The predicted molar refractivity (Wildman–Crippen MR) is 84.4 cm³/mol. The normalized spacial score (nSPS) is 19.7. The molecule has 0 saturated carbocycles. The number of hydrogen-bond acceptors (Lipinski definition) is 3. The topological polar surface area (TPSA) is 66.4 Å². The van der Waals surface area contributed by atoms with Crippen LogP contribution in [0.4, 0.5) is 5.69 Å². The van der Waals surface area contributed by atoms with Crippen molar-refractivity contribution in [1.29, 1.82) is 0 Å². The summed E-state index contributed by atoms with van der Waals surface area (Å²) in [5.41, 5.74) is -0.772. The van der Waals surface area contributed by atoms with Crippen LogP contribution in [0.1, 0.15) is 22.3 Å². The number of benzene rings is 2. The third-order valence-corrected chi connectivity index (χ3v) is 4.12. The molecule has 0 aliphatic carbocycles. The molecule has 3 rings (SSSR count). The molecule has 0 fully saturated rings. The van der Waals surface area contributed by atoms with Crippen LogP contribution in [0, 0.1) is 0 Å². The highest BCUT2D eigenvalue weighted by Crippen LogP contribution is 2.40. The van der Waals surface area contributed by atoms with Crippen LogP contribution >= 0.6 is 23.2 Å². The lowest BCUT2D eigenvalue weighted by atomic mass is 9.88. The lowest BCUT2D eigenvalue weighted by Gasteiger charge is -2.20. The van der Waals surface area contributed by atoms with E-state index in [9.17, 15) is 14.7 Å². The van der Waals surface area contributed by atoms with Gasteiger partial charge in [0, 0.05) is 26.9 Å². The molecule has 0 radical (unpaired) electrons. The van der Waals surface area contributed by atoms with Gasteiger partial charge in [0.1, 0.15) is 0 Å². The Bertz CT molecular complexity index is 773. The van der Waals surface area contributed by atoms with Crippen molar-refractivity contribution in [1.82, 2.24) is 0 Å². The average Bonchev–Trinajstić information content (AvgIpc) is 2.71. The van der Waals surface area contributed by atoms with Crippen molar-refractivity contribution in [3.05, 3.63) is 63.6 Å². The van der Waals surface area contributed by atoms with Crippen molar-refractivity contribution < 1.29 is 14.7 Å². The number of carbonyl (C=O) groups excluding carboxylic acids is 2. The molecule has 22 heavy (non-hydrogen) atoms. The standard InChI is InChI=1S/C16H11Cl2NO3/c17-10-3-1-9(2-4-10)14(20)8-16(22)12-7-11(18)5-6-13(12)19-15(16)21/h1-7,22H,8H2,(H,19,21). The Morgan fingerprint density at radius 2 is 1.73 bits per heavy atom. The third kappa shape index (κ3) is 2.50. The second-order valence-corrected chi connectivity index (χ2v) is 5.98. The highest BCUT2D eigenvalue weighted by atomic mass is 35.5. The lowest BCUT2D eigenvalue weighted by Crippen LogP contribution is -2.36. The molecule has 0 aromatic heterocycles. The van der Waals surface area contributed by atoms with E-state index in [-0.39, 0.29) is 12.2 Å². The number of amides is 1. The van der Waals surface area contributed by atoms with Gasteiger partial charge in [-0.1, -0.05) is 23.2 Å². The molecule has 1 aliphatic rings. The van der Waals surface area contributed by atoms with Crippen molar-refractivity contribution >= 4 is 40.6 Å². The van der Waals surface area contributed by atoms with E-state index in [1.165, 1.54) is 6.07 Å². The van der Waals surface area contributed by atoms with Crippen LogP contribution in [0.5, 0.6) is 0 Å². The van der Waals surface area contributed by atoms with Crippen LogP contribution < -0.4 is 5.32 Å². The Balaban J connectivity index is 1.94. The number of rotatable bonds is 3. The Labute approximate surface area is 136 Å². The van der Waals surface area contributed by atoms with Crippen LogP contribution in [-0.2, 0) is 10.4 Å². The summed E-state index contributed by atoms with van der Waals surface area (Å²) in [6.07, 6.45) is -0.367. The first kappa shape index (κ1) is 15.0. The SMILES string of the molecule is O=C(CC1(O)C(=O)Nc2ccc(Cl)cc21)c1ccc(Cl)cc1. The smallest absolute Gasteiger partial charge is 0.261 e. The van der Waals surface area contributed by atoms with Crippen LogP contribution in [0.2, 0.25) is 10.0 Å².